The first-order valence-corrected chi connectivity index (χ1v) is 6.38. The van der Waals surface area contributed by atoms with Gasteiger partial charge in [-0.05, 0) is 38.5 Å². The van der Waals surface area contributed by atoms with Gasteiger partial charge in [-0.15, -0.1) is 0 Å². The van der Waals surface area contributed by atoms with Gasteiger partial charge >= 0.3 is 0 Å². The summed E-state index contributed by atoms with van der Waals surface area (Å²) in [6.45, 7) is 2.53. The first kappa shape index (κ1) is 12.1. The summed E-state index contributed by atoms with van der Waals surface area (Å²) < 4.78 is 5.93. The predicted molar refractivity (Wildman–Crippen MR) is 61.2 cm³/mol. The van der Waals surface area contributed by atoms with Gasteiger partial charge in [0, 0.05) is 13.0 Å². The van der Waals surface area contributed by atoms with E-state index in [2.05, 4.69) is 0 Å². The van der Waals surface area contributed by atoms with E-state index in [9.17, 15) is 9.90 Å². The Bertz CT molecular complexity index is 254. The molecule has 1 saturated carbocycles. The van der Waals surface area contributed by atoms with Gasteiger partial charge in [-0.3, -0.25) is 0 Å². The van der Waals surface area contributed by atoms with Crippen LogP contribution in [0.5, 0.6) is 0 Å². The third-order valence-corrected chi connectivity index (χ3v) is 4.38. The van der Waals surface area contributed by atoms with Gasteiger partial charge < -0.3 is 14.6 Å². The molecule has 0 amide bonds. The molecule has 1 spiro atoms. The van der Waals surface area contributed by atoms with Crippen molar-refractivity contribution in [2.75, 3.05) is 6.61 Å². The van der Waals surface area contributed by atoms with E-state index in [1.807, 2.05) is 0 Å². The zero-order valence-corrected chi connectivity index (χ0v) is 10.1. The van der Waals surface area contributed by atoms with Crippen molar-refractivity contribution in [1.82, 2.24) is 0 Å². The van der Waals surface area contributed by atoms with Crippen LogP contribution in [0.3, 0.4) is 0 Å². The van der Waals surface area contributed by atoms with Gasteiger partial charge in [0.25, 0.3) is 0 Å². The molecule has 2 rings (SSSR count). The molecular formula is C13H22O3. The highest BCUT2D eigenvalue weighted by Crippen LogP contribution is 2.45. The third-order valence-electron chi connectivity index (χ3n) is 4.38. The largest absolute Gasteiger partial charge is 0.389 e. The molecule has 1 N–H and O–H groups in total. The van der Waals surface area contributed by atoms with Crippen LogP contribution in [0.4, 0.5) is 0 Å². The van der Waals surface area contributed by atoms with Crippen LogP contribution in [-0.2, 0) is 9.53 Å². The minimum absolute atomic E-state index is 0.0236. The molecule has 0 aromatic heterocycles. The fraction of sp³-hybridized carbons (Fsp3) is 0.923. The molecule has 0 aromatic carbocycles. The van der Waals surface area contributed by atoms with Gasteiger partial charge in [0.05, 0.1) is 11.2 Å². The van der Waals surface area contributed by atoms with Crippen molar-refractivity contribution in [2.24, 2.45) is 5.92 Å². The Morgan fingerprint density at radius 3 is 2.81 bits per heavy atom. The first-order valence-electron chi connectivity index (χ1n) is 6.38. The molecule has 3 heteroatoms. The fourth-order valence-electron chi connectivity index (χ4n) is 3.26. The SMILES string of the molecule is CC(O)(CC=O)C1CCOC2(CCCC2)C1. The van der Waals surface area contributed by atoms with E-state index in [4.69, 9.17) is 4.74 Å². The van der Waals surface area contributed by atoms with Crippen LogP contribution < -0.4 is 0 Å². The number of carbonyl (C=O) groups excluding carboxylic acids is 1. The Hall–Kier alpha value is -0.410. The maximum Gasteiger partial charge on any atom is 0.122 e. The van der Waals surface area contributed by atoms with Gasteiger partial charge in [0.15, 0.2) is 0 Å². The lowest BCUT2D eigenvalue weighted by atomic mass is 9.75. The second kappa shape index (κ2) is 4.46. The Morgan fingerprint density at radius 2 is 2.19 bits per heavy atom. The molecule has 0 aromatic rings. The number of hydrogen-bond donors (Lipinski definition) is 1. The quantitative estimate of drug-likeness (QED) is 0.749. The molecule has 0 radical (unpaired) electrons. The lowest BCUT2D eigenvalue weighted by Crippen LogP contribution is -2.46. The van der Waals surface area contributed by atoms with Crippen molar-refractivity contribution in [3.8, 4) is 0 Å². The maximum absolute atomic E-state index is 10.6. The highest BCUT2D eigenvalue weighted by Gasteiger charge is 2.44. The van der Waals surface area contributed by atoms with E-state index >= 15 is 0 Å². The van der Waals surface area contributed by atoms with Crippen LogP contribution in [0, 0.1) is 5.92 Å². The van der Waals surface area contributed by atoms with Gasteiger partial charge in [-0.1, -0.05) is 12.8 Å². The summed E-state index contributed by atoms with van der Waals surface area (Å²) in [5, 5.41) is 10.3. The topological polar surface area (TPSA) is 46.5 Å². The molecule has 2 atom stereocenters. The van der Waals surface area contributed by atoms with E-state index in [0.29, 0.717) is 0 Å². The van der Waals surface area contributed by atoms with Crippen LogP contribution >= 0.6 is 0 Å². The second-order valence-electron chi connectivity index (χ2n) is 5.66. The lowest BCUT2D eigenvalue weighted by Gasteiger charge is -2.43. The summed E-state index contributed by atoms with van der Waals surface area (Å²) in [7, 11) is 0. The van der Waals surface area contributed by atoms with E-state index in [-0.39, 0.29) is 17.9 Å². The minimum Gasteiger partial charge on any atom is -0.389 e. The summed E-state index contributed by atoms with van der Waals surface area (Å²) in [4.78, 5) is 10.6. The van der Waals surface area contributed by atoms with Crippen molar-refractivity contribution in [1.29, 1.82) is 0 Å². The number of ether oxygens (including phenoxy) is 1. The average Bonchev–Trinajstić information content (AvgIpc) is 2.66. The van der Waals surface area contributed by atoms with Gasteiger partial charge in [0.2, 0.25) is 0 Å². The molecule has 0 bridgehead atoms. The number of carbonyl (C=O) groups is 1. The molecule has 92 valence electrons. The smallest absolute Gasteiger partial charge is 0.122 e. The van der Waals surface area contributed by atoms with Crippen LogP contribution in [0.1, 0.15) is 51.9 Å². The normalized spacial score (nSPS) is 32.5. The van der Waals surface area contributed by atoms with Crippen LogP contribution in [0.2, 0.25) is 0 Å². The van der Waals surface area contributed by atoms with Gasteiger partial charge in [0.1, 0.15) is 6.29 Å². The summed E-state index contributed by atoms with van der Waals surface area (Å²) in [6.07, 6.45) is 7.60. The van der Waals surface area contributed by atoms with Gasteiger partial charge in [-0.25, -0.2) is 0 Å². The van der Waals surface area contributed by atoms with E-state index in [1.165, 1.54) is 12.8 Å². The lowest BCUT2D eigenvalue weighted by molar-refractivity contribution is -0.141. The average molecular weight is 226 g/mol. The third kappa shape index (κ3) is 2.30. The minimum atomic E-state index is -0.846. The van der Waals surface area contributed by atoms with E-state index in [0.717, 1.165) is 38.6 Å². The number of aliphatic hydroxyl groups is 1. The summed E-state index contributed by atoms with van der Waals surface area (Å²) in [5.41, 5.74) is -0.823. The highest BCUT2D eigenvalue weighted by atomic mass is 16.5. The molecule has 1 heterocycles. The standard InChI is InChI=1S/C13H22O3/c1-12(15,7-8-14)11-4-9-16-13(10-11)5-2-3-6-13/h8,11,15H,2-7,9-10H2,1H3. The van der Waals surface area contributed by atoms with Crippen LogP contribution in [0.15, 0.2) is 0 Å². The van der Waals surface area contributed by atoms with Crippen molar-refractivity contribution in [3.05, 3.63) is 0 Å². The molecule has 1 saturated heterocycles. The summed E-state index contributed by atoms with van der Waals surface area (Å²) >= 11 is 0. The molecule has 2 unspecified atom stereocenters. The monoisotopic (exact) mass is 226 g/mol. The highest BCUT2D eigenvalue weighted by molar-refractivity contribution is 5.51. The number of aldehydes is 1. The molecule has 16 heavy (non-hydrogen) atoms. The Kier molecular flexibility index (Phi) is 3.36. The fourth-order valence-corrected chi connectivity index (χ4v) is 3.26. The molecule has 1 aliphatic carbocycles. The molecule has 2 fully saturated rings. The number of rotatable bonds is 3. The van der Waals surface area contributed by atoms with E-state index < -0.39 is 5.60 Å². The number of hydrogen-bond acceptors (Lipinski definition) is 3. The summed E-state index contributed by atoms with van der Waals surface area (Å²) in [5.74, 6) is 0.213. The van der Waals surface area contributed by atoms with Gasteiger partial charge in [-0.2, -0.15) is 0 Å². The Labute approximate surface area is 97.2 Å². The summed E-state index contributed by atoms with van der Waals surface area (Å²) in [6, 6.07) is 0. The van der Waals surface area contributed by atoms with Crippen molar-refractivity contribution < 1.29 is 14.6 Å². The second-order valence-corrected chi connectivity index (χ2v) is 5.66. The zero-order chi connectivity index (χ0) is 11.6. The van der Waals surface area contributed by atoms with E-state index in [1.54, 1.807) is 6.92 Å². The molecule has 2 aliphatic rings. The molecule has 1 aliphatic heterocycles. The molecule has 3 nitrogen and oxygen atoms in total. The van der Waals surface area contributed by atoms with Crippen molar-refractivity contribution in [3.63, 3.8) is 0 Å². The van der Waals surface area contributed by atoms with Crippen LogP contribution in [0.25, 0.3) is 0 Å². The first-order chi connectivity index (χ1) is 7.58. The maximum atomic E-state index is 10.6. The van der Waals surface area contributed by atoms with Crippen molar-refractivity contribution >= 4 is 6.29 Å². The zero-order valence-electron chi connectivity index (χ0n) is 10.1. The molecular weight excluding hydrogens is 204 g/mol. The van der Waals surface area contributed by atoms with Crippen LogP contribution in [-0.4, -0.2) is 29.2 Å². The van der Waals surface area contributed by atoms with Crippen molar-refractivity contribution in [2.45, 2.75) is 63.1 Å². The predicted octanol–water partition coefficient (Wildman–Crippen LogP) is 2.07. The Morgan fingerprint density at radius 1 is 1.50 bits per heavy atom. The Balaban J connectivity index is 2.03.